The summed E-state index contributed by atoms with van der Waals surface area (Å²) in [6, 6.07) is 19.1. The van der Waals surface area contributed by atoms with Gasteiger partial charge in [0, 0.05) is 24.0 Å². The van der Waals surface area contributed by atoms with Gasteiger partial charge in [-0.05, 0) is 41.5 Å². The highest BCUT2D eigenvalue weighted by Crippen LogP contribution is 2.15. The van der Waals surface area contributed by atoms with Crippen LogP contribution in [0.25, 0.3) is 5.57 Å². The molecule has 0 atom stereocenters. The molecular weight excluding hydrogens is 342 g/mol. The van der Waals surface area contributed by atoms with Crippen molar-refractivity contribution in [1.82, 2.24) is 20.6 Å². The molecule has 2 aromatic carbocycles. The lowest BCUT2D eigenvalue weighted by Crippen LogP contribution is -2.12. The zero-order valence-electron chi connectivity index (χ0n) is 14.4. The zero-order chi connectivity index (χ0) is 18.9. The van der Waals surface area contributed by atoms with Crippen LogP contribution >= 0.6 is 0 Å². The maximum absolute atomic E-state index is 12.1. The standard InChI is InChI=1S/C19H17N7O/c20-12-15(19-23-25-26-24-19)13-21-16-7-9-17(10-8-16)22-18(27)11-6-14-4-2-1-3-5-14/h1-5,7-10,13,21H,6,11H2,(H,22,27)(H,23,24,25,26). The second kappa shape index (κ2) is 8.92. The van der Waals surface area contributed by atoms with Crippen LogP contribution in [0, 0.1) is 11.3 Å². The highest BCUT2D eigenvalue weighted by molar-refractivity contribution is 5.91. The Balaban J connectivity index is 1.52. The second-order valence-corrected chi connectivity index (χ2v) is 5.66. The second-order valence-electron chi connectivity index (χ2n) is 5.66. The minimum atomic E-state index is -0.0386. The van der Waals surface area contributed by atoms with Crippen LogP contribution in [0.2, 0.25) is 0 Å². The van der Waals surface area contributed by atoms with E-state index in [1.54, 1.807) is 24.3 Å². The summed E-state index contributed by atoms with van der Waals surface area (Å²) in [6.45, 7) is 0. The van der Waals surface area contributed by atoms with Gasteiger partial charge in [-0.2, -0.15) is 10.5 Å². The predicted molar refractivity (Wildman–Crippen MR) is 101 cm³/mol. The molecule has 3 N–H and O–H groups in total. The van der Waals surface area contributed by atoms with Crippen molar-refractivity contribution in [2.75, 3.05) is 10.6 Å². The van der Waals surface area contributed by atoms with Gasteiger partial charge in [0.15, 0.2) is 0 Å². The molecule has 0 radical (unpaired) electrons. The number of carbonyl (C=O) groups excluding carboxylic acids is 1. The van der Waals surface area contributed by atoms with E-state index in [0.29, 0.717) is 18.5 Å². The largest absolute Gasteiger partial charge is 0.360 e. The molecule has 1 aromatic heterocycles. The molecule has 0 fully saturated rings. The van der Waals surface area contributed by atoms with E-state index < -0.39 is 0 Å². The van der Waals surface area contributed by atoms with Crippen molar-refractivity contribution in [2.24, 2.45) is 0 Å². The first-order valence-corrected chi connectivity index (χ1v) is 8.29. The van der Waals surface area contributed by atoms with Crippen molar-refractivity contribution >= 4 is 22.9 Å². The Morgan fingerprint density at radius 3 is 2.52 bits per heavy atom. The maximum atomic E-state index is 12.1. The summed E-state index contributed by atoms with van der Waals surface area (Å²) in [5, 5.41) is 28.2. The third kappa shape index (κ3) is 5.24. The fourth-order valence-corrected chi connectivity index (χ4v) is 2.35. The minimum absolute atomic E-state index is 0.0386. The Morgan fingerprint density at radius 1 is 1.11 bits per heavy atom. The molecule has 1 amide bonds. The van der Waals surface area contributed by atoms with Crippen molar-refractivity contribution in [1.29, 1.82) is 5.26 Å². The number of aryl methyl sites for hydroxylation is 1. The fourth-order valence-electron chi connectivity index (χ4n) is 2.35. The number of aromatic amines is 1. The normalized spacial score (nSPS) is 10.9. The first-order chi connectivity index (χ1) is 13.2. The van der Waals surface area contributed by atoms with Crippen LogP contribution in [0.1, 0.15) is 17.8 Å². The molecular formula is C19H17N7O. The van der Waals surface area contributed by atoms with E-state index in [1.165, 1.54) is 6.20 Å². The summed E-state index contributed by atoms with van der Waals surface area (Å²) in [5.41, 5.74) is 2.85. The molecule has 0 saturated carbocycles. The number of anilines is 2. The number of benzene rings is 2. The number of nitrogens with zero attached hydrogens (tertiary/aromatic N) is 4. The average molecular weight is 359 g/mol. The van der Waals surface area contributed by atoms with E-state index in [1.807, 2.05) is 36.4 Å². The number of allylic oxidation sites excluding steroid dienone is 1. The minimum Gasteiger partial charge on any atom is -0.360 e. The first kappa shape index (κ1) is 17.8. The molecule has 0 spiro atoms. The topological polar surface area (TPSA) is 119 Å². The molecule has 0 saturated heterocycles. The number of tetrazole rings is 1. The molecule has 0 bridgehead atoms. The van der Waals surface area contributed by atoms with Crippen LogP contribution in [0.4, 0.5) is 11.4 Å². The van der Waals surface area contributed by atoms with Crippen LogP contribution in [0.5, 0.6) is 0 Å². The van der Waals surface area contributed by atoms with Crippen molar-refractivity contribution in [3.63, 3.8) is 0 Å². The van der Waals surface area contributed by atoms with Gasteiger partial charge < -0.3 is 10.6 Å². The molecule has 0 aliphatic heterocycles. The summed E-state index contributed by atoms with van der Waals surface area (Å²) in [7, 11) is 0. The van der Waals surface area contributed by atoms with Crippen LogP contribution in [-0.2, 0) is 11.2 Å². The fraction of sp³-hybridized carbons (Fsp3) is 0.105. The van der Waals surface area contributed by atoms with Gasteiger partial charge >= 0.3 is 0 Å². The highest BCUT2D eigenvalue weighted by Gasteiger charge is 2.06. The Labute approximate surface area is 155 Å². The molecule has 8 nitrogen and oxygen atoms in total. The molecule has 3 aromatic rings. The summed E-state index contributed by atoms with van der Waals surface area (Å²) in [5.74, 6) is 0.177. The van der Waals surface area contributed by atoms with Gasteiger partial charge in [0.25, 0.3) is 0 Å². The van der Waals surface area contributed by atoms with Gasteiger partial charge in [-0.3, -0.25) is 4.79 Å². The summed E-state index contributed by atoms with van der Waals surface area (Å²) >= 11 is 0. The number of aromatic nitrogens is 4. The zero-order valence-corrected chi connectivity index (χ0v) is 14.4. The van der Waals surface area contributed by atoms with Gasteiger partial charge in [0.2, 0.25) is 11.7 Å². The van der Waals surface area contributed by atoms with Gasteiger partial charge in [-0.25, -0.2) is 0 Å². The lowest BCUT2D eigenvalue weighted by atomic mass is 10.1. The third-order valence-corrected chi connectivity index (χ3v) is 3.74. The van der Waals surface area contributed by atoms with Crippen molar-refractivity contribution in [2.45, 2.75) is 12.8 Å². The highest BCUT2D eigenvalue weighted by atomic mass is 16.1. The Morgan fingerprint density at radius 2 is 1.85 bits per heavy atom. The first-order valence-electron chi connectivity index (χ1n) is 8.29. The van der Waals surface area contributed by atoms with Gasteiger partial charge in [0.1, 0.15) is 11.6 Å². The number of rotatable bonds is 7. The Hall–Kier alpha value is -3.99. The van der Waals surface area contributed by atoms with Crippen LogP contribution in [0.15, 0.2) is 60.8 Å². The molecule has 134 valence electrons. The number of H-pyrrole nitrogens is 1. The van der Waals surface area contributed by atoms with E-state index in [0.717, 1.165) is 11.3 Å². The maximum Gasteiger partial charge on any atom is 0.224 e. The van der Waals surface area contributed by atoms with Crippen molar-refractivity contribution in [3.8, 4) is 6.07 Å². The van der Waals surface area contributed by atoms with Crippen molar-refractivity contribution in [3.05, 3.63) is 72.2 Å². The number of hydrogen-bond acceptors (Lipinski definition) is 6. The number of nitriles is 1. The molecule has 0 unspecified atom stereocenters. The lowest BCUT2D eigenvalue weighted by molar-refractivity contribution is -0.116. The lowest BCUT2D eigenvalue weighted by Gasteiger charge is -2.07. The van der Waals surface area contributed by atoms with E-state index in [4.69, 9.17) is 5.26 Å². The van der Waals surface area contributed by atoms with E-state index in [9.17, 15) is 4.79 Å². The number of amides is 1. The molecule has 3 rings (SSSR count). The summed E-state index contributed by atoms with van der Waals surface area (Å²) in [4.78, 5) is 12.1. The van der Waals surface area contributed by atoms with Gasteiger partial charge in [-0.1, -0.05) is 30.3 Å². The number of hydrogen-bond donors (Lipinski definition) is 3. The molecule has 0 aliphatic carbocycles. The predicted octanol–water partition coefficient (Wildman–Crippen LogP) is 2.75. The third-order valence-electron chi connectivity index (χ3n) is 3.74. The SMILES string of the molecule is N#CC(=CNc1ccc(NC(=O)CCc2ccccc2)cc1)c1nn[nH]n1. The van der Waals surface area contributed by atoms with Crippen LogP contribution in [-0.4, -0.2) is 26.5 Å². The molecule has 8 heteroatoms. The summed E-state index contributed by atoms with van der Waals surface area (Å²) < 4.78 is 0. The number of carbonyl (C=O) groups is 1. The van der Waals surface area contributed by atoms with Gasteiger partial charge in [-0.15, -0.1) is 10.2 Å². The molecule has 0 aliphatic rings. The van der Waals surface area contributed by atoms with E-state index in [-0.39, 0.29) is 17.3 Å². The quantitative estimate of drug-likeness (QED) is 0.558. The Bertz CT molecular complexity index is 942. The van der Waals surface area contributed by atoms with Gasteiger partial charge in [0.05, 0.1) is 0 Å². The van der Waals surface area contributed by atoms with Crippen LogP contribution < -0.4 is 10.6 Å². The molecule has 1 heterocycles. The van der Waals surface area contributed by atoms with Crippen molar-refractivity contribution < 1.29 is 4.79 Å². The number of nitrogens with one attached hydrogen (secondary N) is 3. The smallest absolute Gasteiger partial charge is 0.224 e. The Kier molecular flexibility index (Phi) is 5.89. The van der Waals surface area contributed by atoms with E-state index >= 15 is 0 Å². The summed E-state index contributed by atoms with van der Waals surface area (Å²) in [6.07, 6.45) is 2.62. The van der Waals surface area contributed by atoms with E-state index in [2.05, 4.69) is 31.3 Å². The van der Waals surface area contributed by atoms with Crippen LogP contribution in [0.3, 0.4) is 0 Å². The average Bonchev–Trinajstić information content (AvgIpc) is 3.24. The molecule has 27 heavy (non-hydrogen) atoms. The monoisotopic (exact) mass is 359 g/mol.